The van der Waals surface area contributed by atoms with Gasteiger partial charge < -0.3 is 24.1 Å². The molecule has 0 bridgehead atoms. The first-order valence-electron chi connectivity index (χ1n) is 11.4. The molecule has 0 amide bonds. The third kappa shape index (κ3) is 6.51. The van der Waals surface area contributed by atoms with Gasteiger partial charge in [0.1, 0.15) is 24.4 Å². The zero-order valence-electron chi connectivity index (χ0n) is 18.9. The largest absolute Gasteiger partial charge is 0.386 e. The molecule has 0 unspecified atom stereocenters. The lowest BCUT2D eigenvalue weighted by Gasteiger charge is -2.28. The standard InChI is InChI=1S/C28H29NO5/c29-16-24-26(30)28(33-19-23-14-8-3-9-15-23)27(34-24)25(32-18-22-12-6-2-7-13-22)20-31-17-21-10-4-1-5-11-21/h1-15,24-28,30H,17-20H2/t24-,25+,26-,27+,28+/m0/s1. The maximum atomic E-state index is 10.8. The highest BCUT2D eigenvalue weighted by molar-refractivity contribution is 5.15. The maximum Gasteiger partial charge on any atom is 0.172 e. The molecule has 0 radical (unpaired) electrons. The summed E-state index contributed by atoms with van der Waals surface area (Å²) in [7, 11) is 0. The molecule has 176 valence electrons. The predicted octanol–water partition coefficient (Wildman–Crippen LogP) is 4.03. The van der Waals surface area contributed by atoms with Gasteiger partial charge >= 0.3 is 0 Å². The van der Waals surface area contributed by atoms with Gasteiger partial charge in [0.15, 0.2) is 6.10 Å². The fourth-order valence-electron chi connectivity index (χ4n) is 3.94. The molecule has 6 nitrogen and oxygen atoms in total. The van der Waals surface area contributed by atoms with Gasteiger partial charge in [0.05, 0.1) is 32.5 Å². The highest BCUT2D eigenvalue weighted by Gasteiger charge is 2.48. The Morgan fingerprint density at radius 1 is 0.794 bits per heavy atom. The van der Waals surface area contributed by atoms with Crippen LogP contribution in [0.5, 0.6) is 0 Å². The van der Waals surface area contributed by atoms with E-state index in [1.807, 2.05) is 97.1 Å². The number of nitrogens with zero attached hydrogens (tertiary/aromatic N) is 1. The molecule has 1 fully saturated rings. The summed E-state index contributed by atoms with van der Waals surface area (Å²) in [6.45, 7) is 1.27. The zero-order chi connectivity index (χ0) is 23.6. The van der Waals surface area contributed by atoms with Gasteiger partial charge in [0.25, 0.3) is 0 Å². The quantitative estimate of drug-likeness (QED) is 0.466. The van der Waals surface area contributed by atoms with Crippen LogP contribution in [-0.4, -0.2) is 42.2 Å². The maximum absolute atomic E-state index is 10.8. The van der Waals surface area contributed by atoms with Crippen LogP contribution in [0.2, 0.25) is 0 Å². The molecule has 1 saturated heterocycles. The Hall–Kier alpha value is -3.05. The third-order valence-electron chi connectivity index (χ3n) is 5.75. The van der Waals surface area contributed by atoms with Crippen molar-refractivity contribution in [3.63, 3.8) is 0 Å². The van der Waals surface area contributed by atoms with Crippen molar-refractivity contribution < 1.29 is 24.1 Å². The van der Waals surface area contributed by atoms with E-state index in [2.05, 4.69) is 0 Å². The van der Waals surface area contributed by atoms with Crippen molar-refractivity contribution >= 4 is 0 Å². The first-order valence-corrected chi connectivity index (χ1v) is 11.4. The van der Waals surface area contributed by atoms with Crippen LogP contribution in [0.4, 0.5) is 0 Å². The molecule has 0 spiro atoms. The molecule has 5 atom stereocenters. The minimum atomic E-state index is -1.09. The van der Waals surface area contributed by atoms with Crippen molar-refractivity contribution in [2.24, 2.45) is 0 Å². The lowest BCUT2D eigenvalue weighted by atomic mass is 10.0. The van der Waals surface area contributed by atoms with Crippen molar-refractivity contribution in [1.29, 1.82) is 5.26 Å². The lowest BCUT2D eigenvalue weighted by molar-refractivity contribution is -0.137. The molecule has 1 aliphatic rings. The van der Waals surface area contributed by atoms with Gasteiger partial charge in [-0.05, 0) is 16.7 Å². The second-order valence-electron chi connectivity index (χ2n) is 8.24. The summed E-state index contributed by atoms with van der Waals surface area (Å²) in [5, 5.41) is 20.3. The number of benzene rings is 3. The molecule has 0 aliphatic carbocycles. The van der Waals surface area contributed by atoms with Crippen molar-refractivity contribution in [2.45, 2.75) is 50.3 Å². The summed E-state index contributed by atoms with van der Waals surface area (Å²) in [4.78, 5) is 0. The number of hydrogen-bond donors (Lipinski definition) is 1. The molecule has 4 rings (SSSR count). The van der Waals surface area contributed by atoms with Gasteiger partial charge in [0, 0.05) is 0 Å². The molecule has 1 N–H and O–H groups in total. The molecule has 6 heteroatoms. The number of hydrogen-bond acceptors (Lipinski definition) is 6. The Balaban J connectivity index is 1.47. The van der Waals surface area contributed by atoms with Crippen molar-refractivity contribution in [3.8, 4) is 6.07 Å². The van der Waals surface area contributed by atoms with Crippen LogP contribution < -0.4 is 0 Å². The lowest BCUT2D eigenvalue weighted by Crippen LogP contribution is -2.44. The van der Waals surface area contributed by atoms with Gasteiger partial charge in [-0.1, -0.05) is 91.0 Å². The summed E-state index contributed by atoms with van der Waals surface area (Å²) >= 11 is 0. The number of aliphatic hydroxyl groups excluding tert-OH is 1. The summed E-state index contributed by atoms with van der Waals surface area (Å²) in [5.74, 6) is 0. The Morgan fingerprint density at radius 3 is 1.88 bits per heavy atom. The highest BCUT2D eigenvalue weighted by atomic mass is 16.6. The van der Waals surface area contributed by atoms with E-state index in [-0.39, 0.29) is 13.2 Å². The number of aliphatic hydroxyl groups is 1. The van der Waals surface area contributed by atoms with Crippen LogP contribution in [0.3, 0.4) is 0 Å². The third-order valence-corrected chi connectivity index (χ3v) is 5.75. The van der Waals surface area contributed by atoms with E-state index < -0.39 is 30.5 Å². The second kappa shape index (κ2) is 12.4. The number of nitriles is 1. The molecule has 3 aromatic carbocycles. The minimum absolute atomic E-state index is 0.225. The van der Waals surface area contributed by atoms with E-state index in [4.69, 9.17) is 18.9 Å². The normalized spacial score (nSPS) is 22.8. The van der Waals surface area contributed by atoms with E-state index in [9.17, 15) is 10.4 Å². The van der Waals surface area contributed by atoms with Crippen LogP contribution >= 0.6 is 0 Å². The minimum Gasteiger partial charge on any atom is -0.386 e. The molecule has 1 heterocycles. The Kier molecular flexibility index (Phi) is 8.80. The molecule has 0 saturated carbocycles. The highest BCUT2D eigenvalue weighted by Crippen LogP contribution is 2.29. The summed E-state index contributed by atoms with van der Waals surface area (Å²) < 4.78 is 24.2. The first kappa shape index (κ1) is 24.1. The van der Waals surface area contributed by atoms with Gasteiger partial charge in [-0.2, -0.15) is 5.26 Å². The van der Waals surface area contributed by atoms with Gasteiger partial charge in [-0.15, -0.1) is 0 Å². The SMILES string of the molecule is N#C[C@@H]1O[C@H]([C@@H](COCc2ccccc2)OCc2ccccc2)[C@H](OCc2ccccc2)[C@H]1O. The topological polar surface area (TPSA) is 80.9 Å². The summed E-state index contributed by atoms with van der Waals surface area (Å²) in [6, 6.07) is 31.4. The van der Waals surface area contributed by atoms with Gasteiger partial charge in [-0.3, -0.25) is 0 Å². The predicted molar refractivity (Wildman–Crippen MR) is 126 cm³/mol. The molecule has 1 aliphatic heterocycles. The van der Waals surface area contributed by atoms with Gasteiger partial charge in [-0.25, -0.2) is 0 Å². The van der Waals surface area contributed by atoms with Crippen molar-refractivity contribution in [2.75, 3.05) is 6.61 Å². The monoisotopic (exact) mass is 459 g/mol. The molecule has 34 heavy (non-hydrogen) atoms. The average Bonchev–Trinajstić information content (AvgIpc) is 3.21. The number of ether oxygens (including phenoxy) is 4. The van der Waals surface area contributed by atoms with Crippen molar-refractivity contribution in [3.05, 3.63) is 108 Å². The summed E-state index contributed by atoms with van der Waals surface area (Å²) in [5.41, 5.74) is 3.02. The fraction of sp³-hybridized carbons (Fsp3) is 0.321. The van der Waals surface area contributed by atoms with E-state index in [1.165, 1.54) is 0 Å². The molecule has 0 aromatic heterocycles. The van der Waals surface area contributed by atoms with Crippen molar-refractivity contribution in [1.82, 2.24) is 0 Å². The van der Waals surface area contributed by atoms with Crippen LogP contribution in [0.15, 0.2) is 91.0 Å². The van der Waals surface area contributed by atoms with Crippen LogP contribution in [-0.2, 0) is 38.8 Å². The van der Waals surface area contributed by atoms with Crippen LogP contribution in [0.25, 0.3) is 0 Å². The molecular formula is C28H29NO5. The fourth-order valence-corrected chi connectivity index (χ4v) is 3.94. The van der Waals surface area contributed by atoms with E-state index in [0.717, 1.165) is 16.7 Å². The Morgan fingerprint density at radius 2 is 1.32 bits per heavy atom. The van der Waals surface area contributed by atoms with E-state index in [0.29, 0.717) is 13.2 Å². The van der Waals surface area contributed by atoms with Crippen LogP contribution in [0, 0.1) is 11.3 Å². The molecule has 3 aromatic rings. The van der Waals surface area contributed by atoms with Gasteiger partial charge in [0.2, 0.25) is 0 Å². The number of rotatable bonds is 11. The Bertz CT molecular complexity index is 1020. The first-order chi connectivity index (χ1) is 16.7. The second-order valence-corrected chi connectivity index (χ2v) is 8.24. The van der Waals surface area contributed by atoms with Crippen LogP contribution in [0.1, 0.15) is 16.7 Å². The van der Waals surface area contributed by atoms with E-state index >= 15 is 0 Å². The smallest absolute Gasteiger partial charge is 0.172 e. The molecular weight excluding hydrogens is 430 g/mol. The zero-order valence-corrected chi connectivity index (χ0v) is 18.9. The summed E-state index contributed by atoms with van der Waals surface area (Å²) in [6.07, 6.45) is -4.02. The van der Waals surface area contributed by atoms with E-state index in [1.54, 1.807) is 0 Å². The Labute approximate surface area is 200 Å². The average molecular weight is 460 g/mol.